The van der Waals surface area contributed by atoms with Crippen LogP contribution in [0.1, 0.15) is 18.1 Å². The molecule has 0 aliphatic carbocycles. The van der Waals surface area contributed by atoms with Crippen LogP contribution in [-0.4, -0.2) is 25.1 Å². The van der Waals surface area contributed by atoms with Gasteiger partial charge in [-0.3, -0.25) is 4.79 Å². The second kappa shape index (κ2) is 9.77. The van der Waals surface area contributed by atoms with Crippen molar-refractivity contribution in [3.63, 3.8) is 0 Å². The van der Waals surface area contributed by atoms with Crippen LogP contribution < -0.4 is 10.1 Å². The number of anilines is 1. The molecule has 2 rings (SSSR count). The maximum absolute atomic E-state index is 11.9. The molecule has 0 fully saturated rings. The summed E-state index contributed by atoms with van der Waals surface area (Å²) < 4.78 is 11.2. The summed E-state index contributed by atoms with van der Waals surface area (Å²) in [4.78, 5) is 23.6. The molecular formula is C20H20BrNO4. The van der Waals surface area contributed by atoms with Crippen LogP contribution in [0.3, 0.4) is 0 Å². The lowest BCUT2D eigenvalue weighted by Gasteiger charge is -2.08. The Morgan fingerprint density at radius 3 is 2.54 bits per heavy atom. The Labute approximate surface area is 161 Å². The summed E-state index contributed by atoms with van der Waals surface area (Å²) in [5, 5.41) is 2.71. The van der Waals surface area contributed by atoms with Gasteiger partial charge in [-0.25, -0.2) is 4.79 Å². The highest BCUT2D eigenvalue weighted by Crippen LogP contribution is 2.19. The highest BCUT2D eigenvalue weighted by molar-refractivity contribution is 9.10. The largest absolute Gasteiger partial charge is 0.494 e. The summed E-state index contributed by atoms with van der Waals surface area (Å²) in [5.41, 5.74) is 2.42. The maximum atomic E-state index is 11.9. The minimum absolute atomic E-state index is 0.345. The third kappa shape index (κ3) is 6.37. The lowest BCUT2D eigenvalue weighted by atomic mass is 10.2. The standard InChI is InChI=1S/C20H20BrNO4/c1-3-25-17-8-4-15(5-9-17)6-11-20(24)26-13-19(23)22-18-10-7-16(21)12-14(18)2/h4-12H,3,13H2,1-2H3,(H,22,23)/b11-6+. The smallest absolute Gasteiger partial charge is 0.331 e. The van der Waals surface area contributed by atoms with Crippen LogP contribution in [0.5, 0.6) is 5.75 Å². The number of halogens is 1. The Bertz CT molecular complexity index is 800. The summed E-state index contributed by atoms with van der Waals surface area (Å²) in [6.45, 7) is 4.05. The van der Waals surface area contributed by atoms with E-state index in [1.807, 2.05) is 50.2 Å². The predicted octanol–water partition coefficient (Wildman–Crippen LogP) is 4.35. The number of nitrogens with one attached hydrogen (secondary N) is 1. The topological polar surface area (TPSA) is 64.6 Å². The third-order valence-corrected chi connectivity index (χ3v) is 3.90. The predicted molar refractivity (Wildman–Crippen MR) is 105 cm³/mol. The molecule has 0 spiro atoms. The number of benzene rings is 2. The molecular weight excluding hydrogens is 398 g/mol. The molecule has 26 heavy (non-hydrogen) atoms. The highest BCUT2D eigenvalue weighted by atomic mass is 79.9. The van der Waals surface area contributed by atoms with Gasteiger partial charge in [0, 0.05) is 16.2 Å². The first kappa shape index (κ1) is 19.7. The fourth-order valence-electron chi connectivity index (χ4n) is 2.14. The molecule has 2 aromatic carbocycles. The molecule has 0 aromatic heterocycles. The van der Waals surface area contributed by atoms with Crippen molar-refractivity contribution < 1.29 is 19.1 Å². The van der Waals surface area contributed by atoms with Crippen LogP contribution in [0.15, 0.2) is 53.0 Å². The molecule has 0 radical (unpaired) electrons. The van der Waals surface area contributed by atoms with Crippen molar-refractivity contribution >= 4 is 39.6 Å². The molecule has 0 aliphatic heterocycles. The minimum Gasteiger partial charge on any atom is -0.494 e. The molecule has 5 nitrogen and oxygen atoms in total. The molecule has 0 saturated heterocycles. The van der Waals surface area contributed by atoms with Crippen molar-refractivity contribution in [2.45, 2.75) is 13.8 Å². The lowest BCUT2D eigenvalue weighted by Crippen LogP contribution is -2.20. The molecule has 6 heteroatoms. The van der Waals surface area contributed by atoms with Gasteiger partial charge in [0.15, 0.2) is 6.61 Å². The number of ether oxygens (including phenoxy) is 2. The summed E-state index contributed by atoms with van der Waals surface area (Å²) in [5.74, 6) is -0.202. The Hall–Kier alpha value is -2.60. The number of hydrogen-bond donors (Lipinski definition) is 1. The van der Waals surface area contributed by atoms with Crippen molar-refractivity contribution in [1.82, 2.24) is 0 Å². The van der Waals surface area contributed by atoms with Crippen molar-refractivity contribution in [2.24, 2.45) is 0 Å². The summed E-state index contributed by atoms with van der Waals surface area (Å²) in [6.07, 6.45) is 2.91. The molecule has 0 bridgehead atoms. The van der Waals surface area contributed by atoms with Gasteiger partial charge in [0.25, 0.3) is 5.91 Å². The average Bonchev–Trinajstić information content (AvgIpc) is 2.62. The van der Waals surface area contributed by atoms with Crippen LogP contribution in [-0.2, 0) is 14.3 Å². The highest BCUT2D eigenvalue weighted by Gasteiger charge is 2.07. The van der Waals surface area contributed by atoms with Crippen LogP contribution in [0.25, 0.3) is 6.08 Å². The maximum Gasteiger partial charge on any atom is 0.331 e. The van der Waals surface area contributed by atoms with Crippen molar-refractivity contribution in [1.29, 1.82) is 0 Å². The normalized spacial score (nSPS) is 10.6. The summed E-state index contributed by atoms with van der Waals surface area (Å²) in [6, 6.07) is 12.8. The quantitative estimate of drug-likeness (QED) is 0.537. The number of aryl methyl sites for hydroxylation is 1. The van der Waals surface area contributed by atoms with Gasteiger partial charge in [0.1, 0.15) is 5.75 Å². The molecule has 1 N–H and O–H groups in total. The van der Waals surface area contributed by atoms with Gasteiger partial charge in [0.2, 0.25) is 0 Å². The van der Waals surface area contributed by atoms with Gasteiger partial charge in [-0.1, -0.05) is 28.1 Å². The number of rotatable bonds is 7. The number of carbonyl (C=O) groups is 2. The lowest BCUT2D eigenvalue weighted by molar-refractivity contribution is -0.142. The van der Waals surface area contributed by atoms with E-state index in [4.69, 9.17) is 9.47 Å². The number of esters is 1. The first-order chi connectivity index (χ1) is 12.5. The van der Waals surface area contributed by atoms with E-state index in [-0.39, 0.29) is 6.61 Å². The fraction of sp³-hybridized carbons (Fsp3) is 0.200. The van der Waals surface area contributed by atoms with E-state index in [1.54, 1.807) is 12.1 Å². The van der Waals surface area contributed by atoms with Gasteiger partial charge in [0.05, 0.1) is 6.61 Å². The van der Waals surface area contributed by atoms with Crippen molar-refractivity contribution in [3.8, 4) is 5.75 Å². The third-order valence-electron chi connectivity index (χ3n) is 3.41. The fourth-order valence-corrected chi connectivity index (χ4v) is 2.62. The first-order valence-electron chi connectivity index (χ1n) is 8.11. The number of amides is 1. The Morgan fingerprint density at radius 2 is 1.88 bits per heavy atom. The van der Waals surface area contributed by atoms with E-state index in [9.17, 15) is 9.59 Å². The SMILES string of the molecule is CCOc1ccc(/C=C/C(=O)OCC(=O)Nc2ccc(Br)cc2C)cc1. The second-order valence-corrected chi connectivity index (χ2v) is 6.37. The van der Waals surface area contributed by atoms with E-state index in [0.29, 0.717) is 12.3 Å². The van der Waals surface area contributed by atoms with Gasteiger partial charge >= 0.3 is 5.97 Å². The van der Waals surface area contributed by atoms with Crippen LogP contribution >= 0.6 is 15.9 Å². The summed E-state index contributed by atoms with van der Waals surface area (Å²) >= 11 is 3.36. The Balaban J connectivity index is 1.81. The molecule has 0 aliphatic rings. The van der Waals surface area contributed by atoms with Gasteiger partial charge in [-0.2, -0.15) is 0 Å². The zero-order valence-electron chi connectivity index (χ0n) is 14.6. The molecule has 0 heterocycles. The molecule has 1 amide bonds. The second-order valence-electron chi connectivity index (χ2n) is 5.45. The van der Waals surface area contributed by atoms with Gasteiger partial charge in [-0.05, 0) is 61.4 Å². The van der Waals surface area contributed by atoms with E-state index >= 15 is 0 Å². The molecule has 0 atom stereocenters. The van der Waals surface area contributed by atoms with Crippen LogP contribution in [0.4, 0.5) is 5.69 Å². The number of hydrogen-bond acceptors (Lipinski definition) is 4. The van der Waals surface area contributed by atoms with Crippen LogP contribution in [0, 0.1) is 6.92 Å². The van der Waals surface area contributed by atoms with E-state index in [0.717, 1.165) is 21.3 Å². The molecule has 136 valence electrons. The van der Waals surface area contributed by atoms with Crippen molar-refractivity contribution in [3.05, 3.63) is 64.1 Å². The first-order valence-corrected chi connectivity index (χ1v) is 8.91. The Kier molecular flexibility index (Phi) is 7.41. The van der Waals surface area contributed by atoms with E-state index < -0.39 is 11.9 Å². The Morgan fingerprint density at radius 1 is 1.15 bits per heavy atom. The molecule has 0 saturated carbocycles. The van der Waals surface area contributed by atoms with Crippen molar-refractivity contribution in [2.75, 3.05) is 18.5 Å². The van der Waals surface area contributed by atoms with Crippen LogP contribution in [0.2, 0.25) is 0 Å². The van der Waals surface area contributed by atoms with E-state index in [2.05, 4.69) is 21.2 Å². The minimum atomic E-state index is -0.582. The molecule has 2 aromatic rings. The number of carbonyl (C=O) groups excluding carboxylic acids is 2. The monoisotopic (exact) mass is 417 g/mol. The zero-order valence-corrected chi connectivity index (χ0v) is 16.2. The zero-order chi connectivity index (χ0) is 18.9. The average molecular weight is 418 g/mol. The molecule has 0 unspecified atom stereocenters. The summed E-state index contributed by atoms with van der Waals surface area (Å²) in [7, 11) is 0. The van der Waals surface area contributed by atoms with Gasteiger partial charge < -0.3 is 14.8 Å². The van der Waals surface area contributed by atoms with Gasteiger partial charge in [-0.15, -0.1) is 0 Å². The van der Waals surface area contributed by atoms with E-state index in [1.165, 1.54) is 6.08 Å².